The van der Waals surface area contributed by atoms with E-state index in [2.05, 4.69) is 49.5 Å². The largest absolute Gasteiger partial charge is 0.489 e. The van der Waals surface area contributed by atoms with Gasteiger partial charge in [0.25, 0.3) is 11.2 Å². The van der Waals surface area contributed by atoms with Crippen molar-refractivity contribution < 1.29 is 9.46 Å². The number of nitrogens with zero attached hydrogens (tertiary/aromatic N) is 3. The van der Waals surface area contributed by atoms with E-state index in [0.717, 1.165) is 24.5 Å². The molecule has 0 spiro atoms. The molecule has 26 heavy (non-hydrogen) atoms. The molecule has 0 aliphatic heterocycles. The molecule has 2 aromatic carbocycles. The number of hydrogen-bond acceptors (Lipinski definition) is 3. The molecule has 0 saturated carbocycles. The monoisotopic (exact) mass is 349 g/mol. The van der Waals surface area contributed by atoms with Crippen molar-refractivity contribution in [3.63, 3.8) is 0 Å². The molecule has 3 aromatic rings. The summed E-state index contributed by atoms with van der Waals surface area (Å²) in [6, 6.07) is 17.7. The summed E-state index contributed by atoms with van der Waals surface area (Å²) in [6.07, 6.45) is 0. The minimum absolute atomic E-state index is 0.0732. The summed E-state index contributed by atoms with van der Waals surface area (Å²) < 4.78 is 3.20. The van der Waals surface area contributed by atoms with Crippen LogP contribution in [0.2, 0.25) is 0 Å². The molecular weight excluding hydrogens is 324 g/mol. The molecule has 3 rings (SSSR count). The Morgan fingerprint density at radius 1 is 1.04 bits per heavy atom. The maximum atomic E-state index is 10.7. The van der Waals surface area contributed by atoms with Crippen LogP contribution in [0.25, 0.3) is 12.3 Å². The molecule has 134 valence electrons. The number of nitrogens with one attached hydrogen (secondary N) is 1. The van der Waals surface area contributed by atoms with Crippen molar-refractivity contribution in [3.8, 4) is 11.6 Å². The molecule has 1 aromatic heterocycles. The van der Waals surface area contributed by atoms with E-state index in [-0.39, 0.29) is 5.88 Å². The van der Waals surface area contributed by atoms with Crippen LogP contribution >= 0.6 is 0 Å². The first-order valence-corrected chi connectivity index (χ1v) is 8.77. The highest BCUT2D eigenvalue weighted by atomic mass is 16.3. The molecular formula is C21H25N4O+. The predicted molar refractivity (Wildman–Crippen MR) is 107 cm³/mol. The molecule has 0 atom stereocenters. The van der Waals surface area contributed by atoms with Crippen LogP contribution in [0.3, 0.4) is 0 Å². The Kier molecular flexibility index (Phi) is 4.98. The number of aromatic nitrogens is 2. The van der Waals surface area contributed by atoms with Crippen molar-refractivity contribution >= 4 is 23.6 Å². The Labute approximate surface area is 153 Å². The fraction of sp³-hybridized carbons (Fsp3) is 0.190. The lowest BCUT2D eigenvalue weighted by Crippen LogP contribution is -2.39. The second kappa shape index (κ2) is 7.35. The van der Waals surface area contributed by atoms with E-state index in [0.29, 0.717) is 11.0 Å². The first-order chi connectivity index (χ1) is 12.6. The van der Waals surface area contributed by atoms with Gasteiger partial charge in [-0.05, 0) is 56.8 Å². The van der Waals surface area contributed by atoms with Crippen LogP contribution in [0.15, 0.2) is 54.6 Å². The zero-order valence-corrected chi connectivity index (χ0v) is 15.3. The summed E-state index contributed by atoms with van der Waals surface area (Å²) in [7, 11) is 0. The molecule has 0 unspecified atom stereocenters. The summed E-state index contributed by atoms with van der Waals surface area (Å²) in [6.45, 7) is 14.2. The smallest absolute Gasteiger partial charge is 0.281 e. The molecule has 0 aliphatic rings. The first-order valence-electron chi connectivity index (χ1n) is 8.77. The van der Waals surface area contributed by atoms with Crippen LogP contribution in [0, 0.1) is 6.72 Å². The summed E-state index contributed by atoms with van der Waals surface area (Å²) in [4.78, 5) is 2.28. The van der Waals surface area contributed by atoms with E-state index in [9.17, 15) is 5.11 Å². The molecule has 0 aliphatic carbocycles. The van der Waals surface area contributed by atoms with Gasteiger partial charge in [-0.25, -0.2) is 0 Å². The van der Waals surface area contributed by atoms with Crippen molar-refractivity contribution in [1.82, 2.24) is 4.68 Å². The highest BCUT2D eigenvalue weighted by Gasteiger charge is 2.21. The van der Waals surface area contributed by atoms with E-state index < -0.39 is 0 Å². The molecule has 5 heteroatoms. The molecule has 2 N–H and O–H groups in total. The van der Waals surface area contributed by atoms with Crippen LogP contribution in [0.1, 0.15) is 13.8 Å². The Hall–Kier alpha value is -3.21. The Morgan fingerprint density at radius 2 is 1.65 bits per heavy atom. The van der Waals surface area contributed by atoms with Gasteiger partial charge in [-0.15, -0.1) is 0 Å². The van der Waals surface area contributed by atoms with Crippen LogP contribution in [-0.2, 0) is 0 Å². The summed E-state index contributed by atoms with van der Waals surface area (Å²) in [5, 5.41) is 14.6. The zero-order valence-electron chi connectivity index (χ0n) is 15.3. The van der Waals surface area contributed by atoms with Crippen LogP contribution in [0.5, 0.6) is 5.88 Å². The summed E-state index contributed by atoms with van der Waals surface area (Å²) in [5.74, 6) is 0.0732. The van der Waals surface area contributed by atoms with E-state index in [1.54, 1.807) is 9.04 Å². The molecule has 0 fully saturated rings. The fourth-order valence-corrected chi connectivity index (χ4v) is 3.05. The lowest BCUT2D eigenvalue weighted by molar-refractivity contribution is -0.597. The number of anilines is 3. The van der Waals surface area contributed by atoms with Gasteiger partial charge in [0.2, 0.25) is 0 Å². The summed E-state index contributed by atoms with van der Waals surface area (Å²) >= 11 is 0. The third kappa shape index (κ3) is 3.16. The number of benzene rings is 2. The minimum atomic E-state index is 0.0732. The van der Waals surface area contributed by atoms with Crippen LogP contribution in [-0.4, -0.2) is 22.9 Å². The van der Waals surface area contributed by atoms with Gasteiger partial charge in [-0.1, -0.05) is 27.2 Å². The van der Waals surface area contributed by atoms with Crippen molar-refractivity contribution in [2.45, 2.75) is 13.8 Å². The topological polar surface area (TPSA) is 46.3 Å². The third-order valence-electron chi connectivity index (χ3n) is 4.53. The van der Waals surface area contributed by atoms with E-state index in [4.69, 9.17) is 0 Å². The molecule has 0 amide bonds. The lowest BCUT2D eigenvalue weighted by Gasteiger charge is -2.21. The molecule has 5 nitrogen and oxygen atoms in total. The van der Waals surface area contributed by atoms with Crippen molar-refractivity contribution in [2.24, 2.45) is 0 Å². The molecule has 0 saturated heterocycles. The second-order valence-corrected chi connectivity index (χ2v) is 6.04. The van der Waals surface area contributed by atoms with E-state index in [1.807, 2.05) is 42.5 Å². The van der Waals surface area contributed by atoms with Crippen molar-refractivity contribution in [3.05, 3.63) is 66.7 Å². The highest BCUT2D eigenvalue weighted by Crippen LogP contribution is 2.25. The maximum absolute atomic E-state index is 10.7. The fourth-order valence-electron chi connectivity index (χ4n) is 3.05. The van der Waals surface area contributed by atoms with Gasteiger partial charge in [0.1, 0.15) is 5.69 Å². The average Bonchev–Trinajstić information content (AvgIpc) is 2.88. The van der Waals surface area contributed by atoms with Crippen LogP contribution in [0.4, 0.5) is 17.1 Å². The quantitative estimate of drug-likeness (QED) is 0.672. The first kappa shape index (κ1) is 17.6. The number of hydrogen-bond donors (Lipinski definition) is 2. The SMILES string of the molecule is C=c1c(Nc2ccc(N(CC)CC)cc2)c(O)n(-c2ccccc2)[n+]1=C. The van der Waals surface area contributed by atoms with Gasteiger partial charge in [-0.2, -0.15) is 0 Å². The van der Waals surface area contributed by atoms with Gasteiger partial charge in [0.05, 0.1) is 0 Å². The Balaban J connectivity index is 1.94. The average molecular weight is 349 g/mol. The zero-order chi connectivity index (χ0) is 18.7. The van der Waals surface area contributed by atoms with E-state index in [1.165, 1.54) is 5.69 Å². The number of aromatic hydroxyl groups is 1. The standard InChI is InChI=1S/C21H24N4O/c1-5-24(6-2)18-14-12-17(13-15-18)22-20-16(3)23(4)25(21(20)26)19-10-8-7-9-11-19/h7-15,22H,3-6H2,1-2H3/p+1. The molecule has 0 bridgehead atoms. The normalized spacial score (nSPS) is 10.7. The Morgan fingerprint density at radius 3 is 2.23 bits per heavy atom. The van der Waals surface area contributed by atoms with Gasteiger partial charge < -0.3 is 15.3 Å². The van der Waals surface area contributed by atoms with Gasteiger partial charge >= 0.3 is 0 Å². The molecule has 1 heterocycles. The minimum Gasteiger partial charge on any atom is -0.489 e. The number of para-hydroxylation sites is 1. The third-order valence-corrected chi connectivity index (χ3v) is 4.53. The van der Waals surface area contributed by atoms with E-state index >= 15 is 0 Å². The second-order valence-electron chi connectivity index (χ2n) is 6.04. The van der Waals surface area contributed by atoms with Crippen molar-refractivity contribution in [1.29, 1.82) is 0 Å². The lowest BCUT2D eigenvalue weighted by atomic mass is 10.2. The Bertz CT molecular complexity index is 974. The maximum Gasteiger partial charge on any atom is 0.281 e. The van der Waals surface area contributed by atoms with Gasteiger partial charge in [0, 0.05) is 24.5 Å². The van der Waals surface area contributed by atoms with Crippen LogP contribution < -0.4 is 19.9 Å². The van der Waals surface area contributed by atoms with Gasteiger partial charge in [-0.3, -0.25) is 0 Å². The highest BCUT2D eigenvalue weighted by molar-refractivity contribution is 5.66. The van der Waals surface area contributed by atoms with Gasteiger partial charge in [0.15, 0.2) is 12.4 Å². The summed E-state index contributed by atoms with van der Waals surface area (Å²) in [5.41, 5.74) is 3.41. The number of rotatable bonds is 6. The van der Waals surface area contributed by atoms with Crippen molar-refractivity contribution in [2.75, 3.05) is 23.3 Å². The predicted octanol–water partition coefficient (Wildman–Crippen LogP) is 3.11. The molecule has 0 radical (unpaired) electrons.